The zero-order valence-electron chi connectivity index (χ0n) is 26.2. The Morgan fingerprint density at radius 2 is 1.83 bits per heavy atom. The van der Waals surface area contributed by atoms with Crippen LogP contribution in [-0.4, -0.2) is 64.7 Å². The molecular formula is C35H38ClN5O5. The summed E-state index contributed by atoms with van der Waals surface area (Å²) in [5.74, 6) is 3.42. The van der Waals surface area contributed by atoms with Gasteiger partial charge in [0, 0.05) is 49.3 Å². The lowest BCUT2D eigenvalue weighted by Crippen LogP contribution is -2.28. The van der Waals surface area contributed by atoms with Crippen molar-refractivity contribution in [3.63, 3.8) is 0 Å². The molecule has 0 bridgehead atoms. The van der Waals surface area contributed by atoms with Gasteiger partial charge in [-0.25, -0.2) is 15.0 Å². The third-order valence-electron chi connectivity index (χ3n) is 9.26. The molecule has 4 heterocycles. The lowest BCUT2D eigenvalue weighted by molar-refractivity contribution is -0.0379. The average Bonchev–Trinajstić information content (AvgIpc) is 3.83. The van der Waals surface area contributed by atoms with Gasteiger partial charge in [0.1, 0.15) is 59.1 Å². The van der Waals surface area contributed by atoms with Crippen molar-refractivity contribution in [2.45, 2.75) is 63.0 Å². The van der Waals surface area contributed by atoms with Crippen LogP contribution in [0.3, 0.4) is 0 Å². The number of rotatable bonds is 10. The van der Waals surface area contributed by atoms with Crippen molar-refractivity contribution in [2.75, 3.05) is 32.8 Å². The maximum absolute atomic E-state index is 11.0. The summed E-state index contributed by atoms with van der Waals surface area (Å²) in [5, 5.41) is 13.3. The predicted molar refractivity (Wildman–Crippen MR) is 177 cm³/mol. The zero-order valence-corrected chi connectivity index (χ0v) is 27.0. The fourth-order valence-electron chi connectivity index (χ4n) is 6.76. The van der Waals surface area contributed by atoms with Crippen LogP contribution < -0.4 is 19.1 Å². The van der Waals surface area contributed by atoms with Gasteiger partial charge in [-0.1, -0.05) is 24.4 Å². The minimum atomic E-state index is -0.691. The van der Waals surface area contributed by atoms with Gasteiger partial charge in [-0.15, -0.1) is 0 Å². The molecule has 7 rings (SSSR count). The Bertz CT molecular complexity index is 1860. The van der Waals surface area contributed by atoms with E-state index in [1.165, 1.54) is 24.7 Å². The van der Waals surface area contributed by atoms with Crippen molar-refractivity contribution in [2.24, 2.45) is 0 Å². The van der Waals surface area contributed by atoms with Crippen LogP contribution in [0.15, 0.2) is 61.1 Å². The van der Waals surface area contributed by atoms with Gasteiger partial charge in [0.25, 0.3) is 0 Å². The van der Waals surface area contributed by atoms with Gasteiger partial charge in [-0.2, -0.15) is 0 Å². The molecule has 1 unspecified atom stereocenters. The lowest BCUT2D eigenvalue weighted by Gasteiger charge is -2.21. The first-order valence-electron chi connectivity index (χ1n) is 15.7. The Hall–Kier alpha value is -4.12. The molecule has 1 aliphatic carbocycles. The van der Waals surface area contributed by atoms with Crippen molar-refractivity contribution in [3.8, 4) is 17.2 Å². The monoisotopic (exact) mass is 643 g/mol. The molecule has 1 saturated carbocycles. The van der Waals surface area contributed by atoms with Gasteiger partial charge in [0.2, 0.25) is 0 Å². The molecule has 2 aliphatic rings. The summed E-state index contributed by atoms with van der Waals surface area (Å²) in [4.78, 5) is 15.8. The predicted octanol–water partition coefficient (Wildman–Crippen LogP) is 6.67. The highest BCUT2D eigenvalue weighted by Crippen LogP contribution is 2.42. The van der Waals surface area contributed by atoms with Crippen LogP contribution in [0.4, 0.5) is 5.82 Å². The van der Waals surface area contributed by atoms with Crippen LogP contribution in [0.2, 0.25) is 5.15 Å². The maximum Gasteiger partial charge on any atom is 0.147 e. The number of benzene rings is 2. The molecule has 2 fully saturated rings. The fourth-order valence-corrected chi connectivity index (χ4v) is 7.00. The Morgan fingerprint density at radius 1 is 1.02 bits per heavy atom. The van der Waals surface area contributed by atoms with E-state index in [0.29, 0.717) is 29.8 Å². The van der Waals surface area contributed by atoms with Crippen LogP contribution >= 0.6 is 11.6 Å². The van der Waals surface area contributed by atoms with E-state index in [0.717, 1.165) is 57.7 Å². The molecule has 5 aromatic rings. The number of fused-ring (bicyclic) bond motifs is 2. The van der Waals surface area contributed by atoms with Crippen LogP contribution in [0.25, 0.3) is 21.9 Å². The van der Waals surface area contributed by atoms with Gasteiger partial charge in [-0.3, -0.25) is 0 Å². The largest absolute Gasteiger partial charge is 0.497 e. The maximum atomic E-state index is 11.0. The van der Waals surface area contributed by atoms with Crippen molar-refractivity contribution in [1.82, 2.24) is 19.5 Å². The standard InChI is InChI=1S/C35H38ClN5O5/c1-40(17-23-9-11-24(43-2)15-29(23)44-3)31-13-10-22-8-12-25(14-27(22)39-31)45-19-30-28(42)16-32(46-30)41-18-26(21-6-4-5-7-21)33-34(36)37-20-38-35(33)41/h8-15,18,20-21,28,30,32,42H,4-7,16-17,19H2,1-3H3/t28-,30+,32?/m0/s1. The summed E-state index contributed by atoms with van der Waals surface area (Å²) in [7, 11) is 5.29. The number of aromatic nitrogens is 4. The molecule has 1 saturated heterocycles. The second-order valence-corrected chi connectivity index (χ2v) is 12.5. The second kappa shape index (κ2) is 12.9. The number of methoxy groups -OCH3 is 2. The molecule has 1 N–H and O–H groups in total. The number of hydrogen-bond acceptors (Lipinski definition) is 9. The molecule has 0 spiro atoms. The Balaban J connectivity index is 1.04. The summed E-state index contributed by atoms with van der Waals surface area (Å²) < 4.78 is 25.5. The molecule has 0 radical (unpaired) electrons. The number of aliphatic hydroxyl groups excluding tert-OH is 1. The molecule has 10 nitrogen and oxygen atoms in total. The quantitative estimate of drug-likeness (QED) is 0.167. The first-order chi connectivity index (χ1) is 22.4. The Morgan fingerprint density at radius 3 is 2.63 bits per heavy atom. The van der Waals surface area contributed by atoms with Crippen molar-refractivity contribution >= 4 is 39.4 Å². The van der Waals surface area contributed by atoms with Crippen LogP contribution in [0.5, 0.6) is 17.2 Å². The molecule has 11 heteroatoms. The van der Waals surface area contributed by atoms with Gasteiger partial charge >= 0.3 is 0 Å². The molecular weight excluding hydrogens is 606 g/mol. The summed E-state index contributed by atoms with van der Waals surface area (Å²) in [5.41, 5.74) is 3.75. The van der Waals surface area contributed by atoms with E-state index in [1.54, 1.807) is 14.2 Å². The van der Waals surface area contributed by atoms with E-state index >= 15 is 0 Å². The number of ether oxygens (including phenoxy) is 4. The van der Waals surface area contributed by atoms with Crippen molar-refractivity contribution < 1.29 is 24.1 Å². The van der Waals surface area contributed by atoms with E-state index in [-0.39, 0.29) is 12.8 Å². The third kappa shape index (κ3) is 5.92. The number of anilines is 1. The number of halogens is 1. The highest BCUT2D eigenvalue weighted by Gasteiger charge is 2.37. The van der Waals surface area contributed by atoms with Gasteiger partial charge in [-0.05, 0) is 60.7 Å². The van der Waals surface area contributed by atoms with E-state index in [4.69, 9.17) is 35.5 Å². The summed E-state index contributed by atoms with van der Waals surface area (Å²) in [6.07, 6.45) is 7.12. The minimum Gasteiger partial charge on any atom is -0.497 e. The van der Waals surface area contributed by atoms with Crippen molar-refractivity contribution in [1.29, 1.82) is 0 Å². The van der Waals surface area contributed by atoms with Gasteiger partial charge in [0.05, 0.1) is 31.2 Å². The molecule has 240 valence electrons. The van der Waals surface area contributed by atoms with E-state index < -0.39 is 12.2 Å². The summed E-state index contributed by atoms with van der Waals surface area (Å²) >= 11 is 6.57. The average molecular weight is 644 g/mol. The Kier molecular flexibility index (Phi) is 8.59. The Labute approximate surface area is 272 Å². The third-order valence-corrected chi connectivity index (χ3v) is 9.54. The van der Waals surface area contributed by atoms with Crippen LogP contribution in [0, 0.1) is 0 Å². The highest BCUT2D eigenvalue weighted by molar-refractivity contribution is 6.34. The lowest BCUT2D eigenvalue weighted by atomic mass is 9.98. The van der Waals surface area contributed by atoms with E-state index in [1.807, 2.05) is 54.1 Å². The SMILES string of the molecule is COc1ccc(CN(C)c2ccc3ccc(OC[C@H]4OC(n5cc(C6CCCC6)c6c(Cl)ncnc65)C[C@@H]4O)cc3n2)c(OC)c1. The molecule has 46 heavy (non-hydrogen) atoms. The first kappa shape index (κ1) is 30.5. The molecule has 3 aromatic heterocycles. The second-order valence-electron chi connectivity index (χ2n) is 12.1. The molecule has 0 amide bonds. The normalized spacial score (nSPS) is 20.1. The highest BCUT2D eigenvalue weighted by atomic mass is 35.5. The minimum absolute atomic E-state index is 0.199. The number of aliphatic hydroxyl groups is 1. The smallest absolute Gasteiger partial charge is 0.147 e. The van der Waals surface area contributed by atoms with E-state index in [9.17, 15) is 5.11 Å². The van der Waals surface area contributed by atoms with Crippen LogP contribution in [0.1, 0.15) is 55.4 Å². The molecule has 2 aromatic carbocycles. The fraction of sp³-hybridized carbons (Fsp3) is 0.400. The summed E-state index contributed by atoms with van der Waals surface area (Å²) in [6, 6.07) is 15.7. The van der Waals surface area contributed by atoms with Gasteiger partial charge < -0.3 is 33.5 Å². The zero-order chi connectivity index (χ0) is 31.8. The topological polar surface area (TPSA) is 104 Å². The van der Waals surface area contributed by atoms with Gasteiger partial charge in [0.15, 0.2) is 0 Å². The molecule has 3 atom stereocenters. The molecule has 1 aliphatic heterocycles. The summed E-state index contributed by atoms with van der Waals surface area (Å²) in [6.45, 7) is 0.807. The number of nitrogens with zero attached hydrogens (tertiary/aromatic N) is 5. The van der Waals surface area contributed by atoms with Crippen LogP contribution in [-0.2, 0) is 11.3 Å². The van der Waals surface area contributed by atoms with Crippen molar-refractivity contribution in [3.05, 3.63) is 77.3 Å². The number of pyridine rings is 1. The first-order valence-corrected chi connectivity index (χ1v) is 16.1. The number of hydrogen-bond donors (Lipinski definition) is 1. The van der Waals surface area contributed by atoms with E-state index in [2.05, 4.69) is 27.1 Å².